The number of imidazole rings is 1. The van der Waals surface area contributed by atoms with E-state index in [2.05, 4.69) is 15.0 Å². The number of H-pyrrole nitrogens is 2. The Labute approximate surface area is 144 Å². The lowest BCUT2D eigenvalue weighted by molar-refractivity contribution is -0.384. The largest absolute Gasteiger partial charge is 0.316 e. The number of rotatable bonds is 3. The van der Waals surface area contributed by atoms with Gasteiger partial charge in [-0.25, -0.2) is 4.98 Å². The van der Waals surface area contributed by atoms with E-state index in [0.717, 1.165) is 5.56 Å². The molecule has 4 aromatic rings. The fourth-order valence-corrected chi connectivity index (χ4v) is 2.71. The maximum atomic E-state index is 11.5. The fraction of sp³-hybridized carbons (Fsp3) is 0. The summed E-state index contributed by atoms with van der Waals surface area (Å²) >= 11 is 0. The minimum atomic E-state index is -0.867. The molecular formula is C17H11N5O4. The minimum Gasteiger partial charge on any atom is -0.316 e. The van der Waals surface area contributed by atoms with E-state index in [1.165, 1.54) is 23.0 Å². The number of nitrogens with zero attached hydrogens (tertiary/aromatic N) is 3. The molecule has 0 spiro atoms. The summed E-state index contributed by atoms with van der Waals surface area (Å²) in [6.45, 7) is 0. The predicted octanol–water partition coefficient (Wildman–Crippen LogP) is 1.98. The van der Waals surface area contributed by atoms with Crippen LogP contribution in [-0.2, 0) is 0 Å². The van der Waals surface area contributed by atoms with Gasteiger partial charge >= 0.3 is 11.1 Å². The highest BCUT2D eigenvalue weighted by atomic mass is 16.6. The van der Waals surface area contributed by atoms with Crippen molar-refractivity contribution in [2.24, 2.45) is 0 Å². The van der Waals surface area contributed by atoms with E-state index in [1.54, 1.807) is 6.20 Å². The maximum absolute atomic E-state index is 11.5. The molecule has 0 fully saturated rings. The van der Waals surface area contributed by atoms with Crippen molar-refractivity contribution < 1.29 is 4.92 Å². The molecular weight excluding hydrogens is 338 g/mol. The summed E-state index contributed by atoms with van der Waals surface area (Å²) in [6.07, 6.45) is 3.12. The van der Waals surface area contributed by atoms with Crippen LogP contribution < -0.4 is 11.1 Å². The molecule has 26 heavy (non-hydrogen) atoms. The van der Waals surface area contributed by atoms with Crippen LogP contribution in [0.2, 0.25) is 0 Å². The first-order valence-corrected chi connectivity index (χ1v) is 7.57. The Kier molecular flexibility index (Phi) is 3.47. The molecule has 9 nitrogen and oxygen atoms in total. The molecule has 0 saturated carbocycles. The SMILES string of the molecule is O=c1[nH]c2cc(-n3cnc(-c4ccccc4)c3)c([N+](=O)[O-])cc2[nH]c1=O. The molecule has 2 N–H and O–H groups in total. The Morgan fingerprint density at radius 2 is 1.65 bits per heavy atom. The van der Waals surface area contributed by atoms with Crippen molar-refractivity contribution >= 4 is 16.7 Å². The van der Waals surface area contributed by atoms with Crippen LogP contribution in [0.25, 0.3) is 28.0 Å². The average Bonchev–Trinajstić information content (AvgIpc) is 3.12. The summed E-state index contributed by atoms with van der Waals surface area (Å²) in [5.74, 6) is 0. The normalized spacial score (nSPS) is 10.9. The quantitative estimate of drug-likeness (QED) is 0.332. The standard InChI is InChI=1S/C17H11N5O4/c23-16-17(24)20-12-7-15(22(25)26)14(6-11(12)19-16)21-8-13(18-9-21)10-4-2-1-3-5-10/h1-9H,(H,19,23)(H,20,24). The first-order chi connectivity index (χ1) is 12.5. The number of fused-ring (bicyclic) bond motifs is 1. The summed E-state index contributed by atoms with van der Waals surface area (Å²) in [5, 5.41) is 11.5. The first-order valence-electron chi connectivity index (χ1n) is 7.57. The van der Waals surface area contributed by atoms with Crippen LogP contribution in [0.4, 0.5) is 5.69 Å². The van der Waals surface area contributed by atoms with Gasteiger partial charge in [0.05, 0.1) is 21.7 Å². The monoisotopic (exact) mass is 349 g/mol. The molecule has 4 rings (SSSR count). The van der Waals surface area contributed by atoms with E-state index in [-0.39, 0.29) is 22.4 Å². The summed E-state index contributed by atoms with van der Waals surface area (Å²) in [6, 6.07) is 12.0. The van der Waals surface area contributed by atoms with E-state index in [4.69, 9.17) is 0 Å². The number of hydrogen-bond donors (Lipinski definition) is 2. The highest BCUT2D eigenvalue weighted by molar-refractivity contribution is 5.81. The van der Waals surface area contributed by atoms with Crippen molar-refractivity contribution in [3.8, 4) is 16.9 Å². The van der Waals surface area contributed by atoms with Crippen LogP contribution in [0.15, 0.2) is 64.6 Å². The van der Waals surface area contributed by atoms with Crippen molar-refractivity contribution in [3.63, 3.8) is 0 Å². The van der Waals surface area contributed by atoms with Gasteiger partial charge in [0.2, 0.25) is 0 Å². The number of nitro benzene ring substituents is 1. The molecule has 2 aromatic carbocycles. The number of nitro groups is 1. The van der Waals surface area contributed by atoms with Crippen molar-refractivity contribution in [3.05, 3.63) is 85.8 Å². The molecule has 128 valence electrons. The van der Waals surface area contributed by atoms with Crippen LogP contribution in [-0.4, -0.2) is 24.4 Å². The zero-order valence-electron chi connectivity index (χ0n) is 13.2. The summed E-state index contributed by atoms with van der Waals surface area (Å²) in [7, 11) is 0. The van der Waals surface area contributed by atoms with E-state index in [9.17, 15) is 19.7 Å². The molecule has 9 heteroatoms. The van der Waals surface area contributed by atoms with Crippen LogP contribution in [0.1, 0.15) is 0 Å². The van der Waals surface area contributed by atoms with Gasteiger partial charge in [-0.1, -0.05) is 30.3 Å². The number of benzene rings is 2. The van der Waals surface area contributed by atoms with Crippen molar-refractivity contribution in [2.45, 2.75) is 0 Å². The number of nitrogens with one attached hydrogen (secondary N) is 2. The zero-order chi connectivity index (χ0) is 18.3. The van der Waals surface area contributed by atoms with Gasteiger partial charge in [0.25, 0.3) is 5.69 Å². The smallest absolute Gasteiger partial charge is 0.314 e. The van der Waals surface area contributed by atoms with Crippen molar-refractivity contribution in [1.29, 1.82) is 0 Å². The average molecular weight is 349 g/mol. The highest BCUT2D eigenvalue weighted by Crippen LogP contribution is 2.28. The van der Waals surface area contributed by atoms with Gasteiger partial charge in [-0.15, -0.1) is 0 Å². The molecule has 0 aliphatic rings. The molecule has 0 radical (unpaired) electrons. The van der Waals surface area contributed by atoms with Gasteiger partial charge in [0.15, 0.2) is 0 Å². The van der Waals surface area contributed by atoms with E-state index in [1.807, 2.05) is 30.3 Å². The van der Waals surface area contributed by atoms with Gasteiger partial charge in [-0.2, -0.15) is 0 Å². The second-order valence-corrected chi connectivity index (χ2v) is 5.58. The Balaban J connectivity index is 1.93. The number of aromatic amines is 2. The molecule has 0 aliphatic heterocycles. The predicted molar refractivity (Wildman–Crippen MR) is 94.4 cm³/mol. The molecule has 0 bridgehead atoms. The number of aromatic nitrogens is 4. The maximum Gasteiger partial charge on any atom is 0.314 e. The summed E-state index contributed by atoms with van der Waals surface area (Å²) < 4.78 is 1.50. The topological polar surface area (TPSA) is 127 Å². The molecule has 0 unspecified atom stereocenters. The van der Waals surface area contributed by atoms with Gasteiger partial charge in [0.1, 0.15) is 12.0 Å². The Morgan fingerprint density at radius 3 is 2.31 bits per heavy atom. The minimum absolute atomic E-state index is 0.174. The van der Waals surface area contributed by atoms with E-state index in [0.29, 0.717) is 5.69 Å². The van der Waals surface area contributed by atoms with Crippen molar-refractivity contribution in [2.75, 3.05) is 0 Å². The lowest BCUT2D eigenvalue weighted by Crippen LogP contribution is -2.29. The third-order valence-corrected chi connectivity index (χ3v) is 3.94. The molecule has 0 saturated heterocycles. The summed E-state index contributed by atoms with van der Waals surface area (Å²) in [5.41, 5.74) is 0.277. The van der Waals surface area contributed by atoms with E-state index >= 15 is 0 Å². The van der Waals surface area contributed by atoms with Crippen molar-refractivity contribution in [1.82, 2.24) is 19.5 Å². The Hall–Kier alpha value is -4.01. The van der Waals surface area contributed by atoms with Gasteiger partial charge < -0.3 is 9.97 Å². The summed E-state index contributed by atoms with van der Waals surface area (Å²) in [4.78, 5) is 42.9. The van der Waals surface area contributed by atoms with Crippen LogP contribution in [0.5, 0.6) is 0 Å². The Morgan fingerprint density at radius 1 is 1.00 bits per heavy atom. The second-order valence-electron chi connectivity index (χ2n) is 5.58. The molecule has 0 aliphatic carbocycles. The highest BCUT2D eigenvalue weighted by Gasteiger charge is 2.18. The Bertz CT molecular complexity index is 1250. The third-order valence-electron chi connectivity index (χ3n) is 3.94. The molecule has 2 heterocycles. The fourth-order valence-electron chi connectivity index (χ4n) is 2.71. The van der Waals surface area contributed by atoms with Crippen LogP contribution in [0, 0.1) is 10.1 Å². The molecule has 0 amide bonds. The molecule has 2 aromatic heterocycles. The molecule has 0 atom stereocenters. The lowest BCUT2D eigenvalue weighted by Gasteiger charge is -2.06. The van der Waals surface area contributed by atoms with Gasteiger partial charge in [-0.3, -0.25) is 24.3 Å². The number of hydrogen-bond acceptors (Lipinski definition) is 5. The first kappa shape index (κ1) is 15.5. The lowest BCUT2D eigenvalue weighted by atomic mass is 10.2. The third kappa shape index (κ3) is 2.57. The second kappa shape index (κ2) is 5.81. The van der Waals surface area contributed by atoms with Gasteiger partial charge in [0, 0.05) is 17.8 Å². The van der Waals surface area contributed by atoms with Gasteiger partial charge in [-0.05, 0) is 6.07 Å². The van der Waals surface area contributed by atoms with Crippen LogP contribution in [0.3, 0.4) is 0 Å². The van der Waals surface area contributed by atoms with E-state index < -0.39 is 16.0 Å². The zero-order valence-corrected chi connectivity index (χ0v) is 13.2. The van der Waals surface area contributed by atoms with Crippen LogP contribution >= 0.6 is 0 Å².